The summed E-state index contributed by atoms with van der Waals surface area (Å²) in [6.07, 6.45) is 1.36. The maximum atomic E-state index is 15.3. The molecule has 4 nitrogen and oxygen atoms in total. The highest BCUT2D eigenvalue weighted by Crippen LogP contribution is 2.47. The topological polar surface area (TPSA) is 52.9 Å². The predicted octanol–water partition coefficient (Wildman–Crippen LogP) is 6.19. The van der Waals surface area contributed by atoms with Gasteiger partial charge in [-0.25, -0.2) is 4.39 Å². The number of halogens is 1. The quantitative estimate of drug-likeness (QED) is 0.462. The van der Waals surface area contributed by atoms with Crippen molar-refractivity contribution in [1.82, 2.24) is 4.90 Å². The average molecular weight is 460 g/mol. The largest absolute Gasteiger partial charge is 0.508 e. The molecule has 1 atom stereocenters. The molecule has 34 heavy (non-hydrogen) atoms. The number of hydrogen-bond donors (Lipinski definition) is 2. The number of aromatic hydroxyl groups is 2. The van der Waals surface area contributed by atoms with Gasteiger partial charge in [0, 0.05) is 30.3 Å². The van der Waals surface area contributed by atoms with Gasteiger partial charge in [-0.2, -0.15) is 0 Å². The summed E-state index contributed by atoms with van der Waals surface area (Å²) < 4.78 is 21.6. The van der Waals surface area contributed by atoms with Crippen molar-refractivity contribution < 1.29 is 19.3 Å². The lowest BCUT2D eigenvalue weighted by molar-refractivity contribution is 0.100. The summed E-state index contributed by atoms with van der Waals surface area (Å²) in [6, 6.07) is 17.5. The number of rotatable bonds is 6. The molecule has 176 valence electrons. The monoisotopic (exact) mass is 459 g/mol. The van der Waals surface area contributed by atoms with E-state index in [0.717, 1.165) is 65.9 Å². The highest BCUT2D eigenvalue weighted by molar-refractivity contribution is 5.95. The van der Waals surface area contributed by atoms with Gasteiger partial charge in [0.1, 0.15) is 29.2 Å². The number of benzene rings is 3. The van der Waals surface area contributed by atoms with Gasteiger partial charge in [0.15, 0.2) is 0 Å². The fourth-order valence-corrected chi connectivity index (χ4v) is 5.20. The molecule has 3 aromatic carbocycles. The zero-order valence-electron chi connectivity index (χ0n) is 19.6. The van der Waals surface area contributed by atoms with Crippen LogP contribution in [0.1, 0.15) is 48.6 Å². The van der Waals surface area contributed by atoms with Crippen LogP contribution in [-0.4, -0.2) is 34.7 Å². The van der Waals surface area contributed by atoms with E-state index in [4.69, 9.17) is 4.74 Å². The Balaban J connectivity index is 1.48. The number of phenols is 2. The number of nitrogens with zero attached hydrogens (tertiary/aromatic N) is 1. The van der Waals surface area contributed by atoms with E-state index in [1.807, 2.05) is 37.3 Å². The number of ether oxygens (including phenoxy) is 1. The van der Waals surface area contributed by atoms with E-state index < -0.39 is 6.10 Å². The Hall–Kier alpha value is -3.31. The van der Waals surface area contributed by atoms with Gasteiger partial charge in [-0.15, -0.1) is 0 Å². The first-order chi connectivity index (χ1) is 16.4. The van der Waals surface area contributed by atoms with Crippen molar-refractivity contribution >= 4 is 11.1 Å². The normalized spacial score (nSPS) is 18.4. The second kappa shape index (κ2) is 9.15. The molecule has 2 heterocycles. The van der Waals surface area contributed by atoms with Crippen molar-refractivity contribution in [3.8, 4) is 17.2 Å². The van der Waals surface area contributed by atoms with E-state index in [1.54, 1.807) is 30.3 Å². The summed E-state index contributed by atoms with van der Waals surface area (Å²) in [5.74, 6) is 1.17. The van der Waals surface area contributed by atoms with Crippen LogP contribution in [0.4, 0.5) is 4.39 Å². The lowest BCUT2D eigenvalue weighted by Gasteiger charge is -2.39. The zero-order valence-corrected chi connectivity index (χ0v) is 19.6. The molecular formula is C29H30FNO3. The van der Waals surface area contributed by atoms with Crippen LogP contribution in [0.5, 0.6) is 17.2 Å². The van der Waals surface area contributed by atoms with E-state index in [2.05, 4.69) is 11.8 Å². The molecule has 0 bridgehead atoms. The SMILES string of the molecule is CCCN1CC(Cc2ccc([C@H]3Oc4cc(O)ccc4C(C)=C3c3ccc(O)cc3)cc2F)C1. The molecule has 0 spiro atoms. The van der Waals surface area contributed by atoms with E-state index in [-0.39, 0.29) is 17.3 Å². The van der Waals surface area contributed by atoms with Gasteiger partial charge in [0.2, 0.25) is 0 Å². The Bertz CT molecular complexity index is 1230. The first-order valence-electron chi connectivity index (χ1n) is 11.9. The lowest BCUT2D eigenvalue weighted by atomic mass is 9.85. The minimum absolute atomic E-state index is 0.123. The number of likely N-dealkylation sites (tertiary alicyclic amines) is 1. The van der Waals surface area contributed by atoms with Crippen molar-refractivity contribution in [3.05, 3.63) is 88.7 Å². The van der Waals surface area contributed by atoms with Gasteiger partial charge in [0.25, 0.3) is 0 Å². The first-order valence-corrected chi connectivity index (χ1v) is 11.9. The molecule has 0 saturated carbocycles. The Morgan fingerprint density at radius 2 is 1.71 bits per heavy atom. The second-order valence-corrected chi connectivity index (χ2v) is 9.44. The van der Waals surface area contributed by atoms with Crippen LogP contribution in [0.15, 0.2) is 60.7 Å². The van der Waals surface area contributed by atoms with E-state index in [9.17, 15) is 10.2 Å². The van der Waals surface area contributed by atoms with Gasteiger partial charge >= 0.3 is 0 Å². The number of allylic oxidation sites excluding steroid dienone is 1. The van der Waals surface area contributed by atoms with Gasteiger partial charge in [-0.3, -0.25) is 0 Å². The van der Waals surface area contributed by atoms with Crippen molar-refractivity contribution in [2.45, 2.75) is 32.8 Å². The lowest BCUT2D eigenvalue weighted by Crippen LogP contribution is -2.47. The van der Waals surface area contributed by atoms with Crippen LogP contribution in [0, 0.1) is 11.7 Å². The van der Waals surface area contributed by atoms with Gasteiger partial charge in [-0.1, -0.05) is 31.2 Å². The molecule has 0 aliphatic carbocycles. The van der Waals surface area contributed by atoms with Crippen LogP contribution in [0.25, 0.3) is 11.1 Å². The summed E-state index contributed by atoms with van der Waals surface area (Å²) in [4.78, 5) is 2.41. The van der Waals surface area contributed by atoms with Crippen LogP contribution < -0.4 is 4.74 Å². The molecule has 0 radical (unpaired) electrons. The minimum Gasteiger partial charge on any atom is -0.508 e. The van der Waals surface area contributed by atoms with Crippen LogP contribution in [-0.2, 0) is 6.42 Å². The summed E-state index contributed by atoms with van der Waals surface area (Å²) in [5, 5.41) is 19.8. The fraction of sp³-hybridized carbons (Fsp3) is 0.310. The smallest absolute Gasteiger partial charge is 0.150 e. The summed E-state index contributed by atoms with van der Waals surface area (Å²) in [6.45, 7) is 7.38. The molecule has 5 heteroatoms. The molecule has 5 rings (SSSR count). The van der Waals surface area contributed by atoms with E-state index in [1.165, 1.54) is 0 Å². The highest BCUT2D eigenvalue weighted by atomic mass is 19.1. The van der Waals surface area contributed by atoms with Gasteiger partial charge in [0.05, 0.1) is 0 Å². The van der Waals surface area contributed by atoms with Crippen LogP contribution >= 0.6 is 0 Å². The van der Waals surface area contributed by atoms with E-state index >= 15 is 4.39 Å². The summed E-state index contributed by atoms with van der Waals surface area (Å²) >= 11 is 0. The Morgan fingerprint density at radius 1 is 0.971 bits per heavy atom. The molecule has 1 fully saturated rings. The van der Waals surface area contributed by atoms with Crippen molar-refractivity contribution in [1.29, 1.82) is 0 Å². The standard InChI is InChI=1S/C29H30FNO3/c1-3-12-31-16-19(17-31)13-21-4-5-22(14-26(21)30)29-28(20-6-8-23(32)9-7-20)18(2)25-11-10-24(33)15-27(25)34-29/h4-11,14-15,19,29,32-33H,3,12-13,16-17H2,1-2H3/t29-/m1/s1. The molecule has 2 aliphatic heterocycles. The predicted molar refractivity (Wildman–Crippen MR) is 132 cm³/mol. The van der Waals surface area contributed by atoms with Gasteiger partial charge in [-0.05, 0) is 84.8 Å². The van der Waals surface area contributed by atoms with Crippen LogP contribution in [0.3, 0.4) is 0 Å². The molecule has 1 saturated heterocycles. The third kappa shape index (κ3) is 4.28. The molecular weight excluding hydrogens is 429 g/mol. The number of phenolic OH excluding ortho intramolecular Hbond substituents is 2. The third-order valence-electron chi connectivity index (χ3n) is 6.92. The molecule has 0 aromatic heterocycles. The summed E-state index contributed by atoms with van der Waals surface area (Å²) in [7, 11) is 0. The van der Waals surface area contributed by atoms with Crippen LogP contribution in [0.2, 0.25) is 0 Å². The average Bonchev–Trinajstić information content (AvgIpc) is 2.79. The maximum absolute atomic E-state index is 15.3. The maximum Gasteiger partial charge on any atom is 0.150 e. The van der Waals surface area contributed by atoms with Crippen molar-refractivity contribution in [2.24, 2.45) is 5.92 Å². The van der Waals surface area contributed by atoms with Crippen molar-refractivity contribution in [3.63, 3.8) is 0 Å². The Kier molecular flexibility index (Phi) is 6.05. The molecule has 2 N–H and O–H groups in total. The minimum atomic E-state index is -0.536. The molecule has 0 amide bonds. The van der Waals surface area contributed by atoms with Crippen molar-refractivity contribution in [2.75, 3.05) is 19.6 Å². The highest BCUT2D eigenvalue weighted by Gasteiger charge is 2.31. The Labute approximate surface area is 199 Å². The van der Waals surface area contributed by atoms with E-state index in [0.29, 0.717) is 11.7 Å². The van der Waals surface area contributed by atoms with Gasteiger partial charge < -0.3 is 19.8 Å². The molecule has 3 aromatic rings. The fourth-order valence-electron chi connectivity index (χ4n) is 5.20. The summed E-state index contributed by atoms with van der Waals surface area (Å²) in [5.41, 5.74) is 5.15. The second-order valence-electron chi connectivity index (χ2n) is 9.44. The number of hydrogen-bond acceptors (Lipinski definition) is 4. The molecule has 0 unspecified atom stereocenters. The molecule has 2 aliphatic rings. The third-order valence-corrected chi connectivity index (χ3v) is 6.92. The Morgan fingerprint density at radius 3 is 2.41 bits per heavy atom. The zero-order chi connectivity index (χ0) is 23.8. The number of fused-ring (bicyclic) bond motifs is 1. The first kappa shape index (κ1) is 22.5.